The third-order valence-corrected chi connectivity index (χ3v) is 2.92. The number of carbonyl (C=O) groups is 1. The monoisotopic (exact) mass is 254 g/mol. The molecule has 0 bridgehead atoms. The lowest BCUT2D eigenvalue weighted by atomic mass is 10.1. The zero-order valence-corrected chi connectivity index (χ0v) is 12.2. The molecular weight excluding hydrogens is 224 g/mol. The van der Waals surface area contributed by atoms with Crippen LogP contribution in [0, 0.1) is 0 Å². The van der Waals surface area contributed by atoms with Crippen LogP contribution < -0.4 is 0 Å². The quantitative estimate of drug-likeness (QED) is 0.277. The van der Waals surface area contributed by atoms with Crippen molar-refractivity contribution < 1.29 is 9.53 Å². The fraction of sp³-hybridized carbons (Fsp3) is 0.812. The molecule has 0 saturated carbocycles. The zero-order valence-electron chi connectivity index (χ0n) is 12.2. The lowest BCUT2D eigenvalue weighted by molar-refractivity contribution is -0.143. The van der Waals surface area contributed by atoms with Crippen LogP contribution in [0.15, 0.2) is 12.2 Å². The molecular formula is C16H30O2. The topological polar surface area (TPSA) is 26.3 Å². The highest BCUT2D eigenvalue weighted by atomic mass is 16.5. The number of allylic oxidation sites excluding steroid dienone is 2. The summed E-state index contributed by atoms with van der Waals surface area (Å²) >= 11 is 0. The molecule has 0 unspecified atom stereocenters. The molecule has 2 nitrogen and oxygen atoms in total. The Balaban J connectivity index is 3.15. The third-order valence-electron chi connectivity index (χ3n) is 2.92. The van der Waals surface area contributed by atoms with Gasteiger partial charge in [-0.3, -0.25) is 4.79 Å². The summed E-state index contributed by atoms with van der Waals surface area (Å²) in [6.45, 7) is 4.86. The van der Waals surface area contributed by atoms with Crippen LogP contribution in [0.25, 0.3) is 0 Å². The zero-order chi connectivity index (χ0) is 13.5. The van der Waals surface area contributed by atoms with Crippen LogP contribution in [0.5, 0.6) is 0 Å². The smallest absolute Gasteiger partial charge is 0.305 e. The molecule has 106 valence electrons. The van der Waals surface area contributed by atoms with Gasteiger partial charge >= 0.3 is 5.97 Å². The summed E-state index contributed by atoms with van der Waals surface area (Å²) < 4.78 is 5.11. The summed E-state index contributed by atoms with van der Waals surface area (Å²) in [6.07, 6.45) is 15.4. The molecule has 0 rings (SSSR count). The second kappa shape index (κ2) is 14.3. The largest absolute Gasteiger partial charge is 0.466 e. The van der Waals surface area contributed by atoms with Gasteiger partial charge in [-0.25, -0.2) is 0 Å². The van der Waals surface area contributed by atoms with E-state index in [9.17, 15) is 4.79 Å². The van der Waals surface area contributed by atoms with E-state index in [0.717, 1.165) is 32.1 Å². The van der Waals surface area contributed by atoms with E-state index >= 15 is 0 Å². The van der Waals surface area contributed by atoms with E-state index in [1.165, 1.54) is 25.7 Å². The molecule has 0 N–H and O–H groups in total. The Labute approximate surface area is 113 Å². The van der Waals surface area contributed by atoms with Crippen molar-refractivity contribution >= 4 is 5.97 Å². The van der Waals surface area contributed by atoms with Crippen LogP contribution in [-0.4, -0.2) is 12.6 Å². The van der Waals surface area contributed by atoms with Gasteiger partial charge in [-0.1, -0.05) is 51.7 Å². The van der Waals surface area contributed by atoms with Gasteiger partial charge in [0.25, 0.3) is 0 Å². The predicted octanol–water partition coefficient (Wildman–Crippen LogP) is 5.03. The van der Waals surface area contributed by atoms with Crippen molar-refractivity contribution in [1.29, 1.82) is 0 Å². The molecule has 0 radical (unpaired) electrons. The van der Waals surface area contributed by atoms with Crippen LogP contribution in [0.3, 0.4) is 0 Å². The Bertz CT molecular complexity index is 209. The maximum Gasteiger partial charge on any atom is 0.305 e. The summed E-state index contributed by atoms with van der Waals surface area (Å²) in [6, 6.07) is 0. The molecule has 0 heterocycles. The maximum atomic E-state index is 11.3. The summed E-state index contributed by atoms with van der Waals surface area (Å²) in [7, 11) is 0. The standard InChI is InChI=1S/C16H30O2/c1-3-5-7-8-9-10-11-12-13-14-16(17)18-15-6-4-2/h5,7H,3-4,6,8-15H2,1-2H3/b7-5+. The van der Waals surface area contributed by atoms with Gasteiger partial charge < -0.3 is 4.74 Å². The first-order valence-electron chi connectivity index (χ1n) is 7.61. The average Bonchev–Trinajstić information content (AvgIpc) is 2.37. The Morgan fingerprint density at radius 1 is 0.944 bits per heavy atom. The van der Waals surface area contributed by atoms with Gasteiger partial charge in [-0.2, -0.15) is 0 Å². The van der Waals surface area contributed by atoms with E-state index < -0.39 is 0 Å². The van der Waals surface area contributed by atoms with E-state index in [1.807, 2.05) is 0 Å². The van der Waals surface area contributed by atoms with Gasteiger partial charge in [0.2, 0.25) is 0 Å². The van der Waals surface area contributed by atoms with Crippen LogP contribution in [0.2, 0.25) is 0 Å². The van der Waals surface area contributed by atoms with Gasteiger partial charge in [0.05, 0.1) is 6.61 Å². The Morgan fingerprint density at radius 3 is 2.39 bits per heavy atom. The Morgan fingerprint density at radius 2 is 1.67 bits per heavy atom. The van der Waals surface area contributed by atoms with Crippen molar-refractivity contribution in [2.24, 2.45) is 0 Å². The number of rotatable bonds is 12. The molecule has 0 amide bonds. The van der Waals surface area contributed by atoms with E-state index in [1.54, 1.807) is 0 Å². The van der Waals surface area contributed by atoms with Crippen molar-refractivity contribution in [3.63, 3.8) is 0 Å². The fourth-order valence-corrected chi connectivity index (χ4v) is 1.75. The van der Waals surface area contributed by atoms with Crippen LogP contribution >= 0.6 is 0 Å². The van der Waals surface area contributed by atoms with E-state index in [0.29, 0.717) is 13.0 Å². The molecule has 0 spiro atoms. The van der Waals surface area contributed by atoms with Crippen LogP contribution in [0.1, 0.15) is 78.1 Å². The Hall–Kier alpha value is -0.790. The number of hydrogen-bond donors (Lipinski definition) is 0. The first-order chi connectivity index (χ1) is 8.81. The molecule has 0 fully saturated rings. The van der Waals surface area contributed by atoms with E-state index in [2.05, 4.69) is 26.0 Å². The molecule has 0 aliphatic rings. The van der Waals surface area contributed by atoms with Gasteiger partial charge in [-0.15, -0.1) is 0 Å². The van der Waals surface area contributed by atoms with Crippen molar-refractivity contribution in [3.05, 3.63) is 12.2 Å². The van der Waals surface area contributed by atoms with Crippen LogP contribution in [-0.2, 0) is 9.53 Å². The van der Waals surface area contributed by atoms with Gasteiger partial charge in [0.1, 0.15) is 0 Å². The molecule has 0 aromatic rings. The molecule has 0 aromatic heterocycles. The molecule has 0 aliphatic carbocycles. The van der Waals surface area contributed by atoms with Gasteiger partial charge in [0, 0.05) is 6.42 Å². The number of carbonyl (C=O) groups excluding carboxylic acids is 1. The average molecular weight is 254 g/mol. The van der Waals surface area contributed by atoms with E-state index in [-0.39, 0.29) is 5.97 Å². The highest BCUT2D eigenvalue weighted by Gasteiger charge is 2.01. The normalized spacial score (nSPS) is 11.0. The predicted molar refractivity (Wildman–Crippen MR) is 77.6 cm³/mol. The number of unbranched alkanes of at least 4 members (excludes halogenated alkanes) is 6. The molecule has 18 heavy (non-hydrogen) atoms. The lowest BCUT2D eigenvalue weighted by Gasteiger charge is -2.03. The highest BCUT2D eigenvalue weighted by molar-refractivity contribution is 5.69. The molecule has 0 aromatic carbocycles. The minimum absolute atomic E-state index is 0.0191. The summed E-state index contributed by atoms with van der Waals surface area (Å²) in [4.78, 5) is 11.3. The van der Waals surface area contributed by atoms with Crippen molar-refractivity contribution in [1.82, 2.24) is 0 Å². The summed E-state index contributed by atoms with van der Waals surface area (Å²) in [5, 5.41) is 0. The van der Waals surface area contributed by atoms with Crippen LogP contribution in [0.4, 0.5) is 0 Å². The first-order valence-corrected chi connectivity index (χ1v) is 7.61. The second-order valence-electron chi connectivity index (χ2n) is 4.76. The molecule has 2 heteroatoms. The minimum Gasteiger partial charge on any atom is -0.466 e. The first kappa shape index (κ1) is 17.2. The number of ether oxygens (including phenoxy) is 1. The number of esters is 1. The molecule has 0 aliphatic heterocycles. The van der Waals surface area contributed by atoms with Crippen molar-refractivity contribution in [3.8, 4) is 0 Å². The Kier molecular flexibility index (Phi) is 13.6. The van der Waals surface area contributed by atoms with Gasteiger partial charge in [0.15, 0.2) is 0 Å². The molecule has 0 atom stereocenters. The maximum absolute atomic E-state index is 11.3. The van der Waals surface area contributed by atoms with Gasteiger partial charge in [-0.05, 0) is 32.1 Å². The third kappa shape index (κ3) is 13.3. The van der Waals surface area contributed by atoms with Crippen molar-refractivity contribution in [2.45, 2.75) is 78.1 Å². The fourth-order valence-electron chi connectivity index (χ4n) is 1.75. The second-order valence-corrected chi connectivity index (χ2v) is 4.76. The summed E-state index contributed by atoms with van der Waals surface area (Å²) in [5.74, 6) is -0.0191. The van der Waals surface area contributed by atoms with E-state index in [4.69, 9.17) is 4.74 Å². The number of hydrogen-bond acceptors (Lipinski definition) is 2. The summed E-state index contributed by atoms with van der Waals surface area (Å²) in [5.41, 5.74) is 0. The lowest BCUT2D eigenvalue weighted by Crippen LogP contribution is -2.05. The SMILES string of the molecule is CC/C=C/CCCCCCCC(=O)OCCCC. The highest BCUT2D eigenvalue weighted by Crippen LogP contribution is 2.08. The minimum atomic E-state index is -0.0191. The molecule has 0 saturated heterocycles. The van der Waals surface area contributed by atoms with Crippen molar-refractivity contribution in [2.75, 3.05) is 6.61 Å².